The van der Waals surface area contributed by atoms with Gasteiger partial charge in [-0.2, -0.15) is 0 Å². The summed E-state index contributed by atoms with van der Waals surface area (Å²) in [6, 6.07) is 12.1. The molecule has 0 atom stereocenters. The molecule has 1 aliphatic heterocycles. The molecule has 1 saturated heterocycles. The van der Waals surface area contributed by atoms with Crippen molar-refractivity contribution in [2.24, 2.45) is 0 Å². The number of phenols is 1. The second-order valence-electron chi connectivity index (χ2n) is 5.37. The van der Waals surface area contributed by atoms with E-state index < -0.39 is 11.8 Å². The van der Waals surface area contributed by atoms with Crippen molar-refractivity contribution in [2.45, 2.75) is 6.92 Å². The quantitative estimate of drug-likeness (QED) is 0.670. The molecule has 2 aromatic carbocycles. The van der Waals surface area contributed by atoms with Crippen LogP contribution in [0.5, 0.6) is 11.5 Å². The Morgan fingerprint density at radius 3 is 2.50 bits per heavy atom. The molecule has 0 aromatic heterocycles. The van der Waals surface area contributed by atoms with Crippen LogP contribution in [-0.4, -0.2) is 24.0 Å². The average molecular weight is 324 g/mol. The first-order chi connectivity index (χ1) is 11.5. The van der Waals surface area contributed by atoms with E-state index in [2.05, 4.69) is 5.43 Å². The van der Waals surface area contributed by atoms with Gasteiger partial charge >= 0.3 is 0 Å². The molecular weight excluding hydrogens is 308 g/mol. The molecule has 6 heteroatoms. The number of aryl methyl sites for hydroxylation is 1. The van der Waals surface area contributed by atoms with Crippen LogP contribution in [0.1, 0.15) is 11.1 Å². The van der Waals surface area contributed by atoms with Gasteiger partial charge in [0.05, 0.1) is 12.8 Å². The van der Waals surface area contributed by atoms with Crippen LogP contribution in [0.15, 0.2) is 48.0 Å². The third-order valence-corrected chi connectivity index (χ3v) is 3.73. The molecule has 2 aromatic rings. The summed E-state index contributed by atoms with van der Waals surface area (Å²) in [5, 5.41) is 11.3. The zero-order valence-corrected chi connectivity index (χ0v) is 13.2. The van der Waals surface area contributed by atoms with Crippen LogP contribution in [0.4, 0.5) is 5.69 Å². The summed E-state index contributed by atoms with van der Waals surface area (Å²) in [6.07, 6.45) is 1.35. The number of carbonyl (C=O) groups excluding carboxylic acids is 2. The minimum Gasteiger partial charge on any atom is -0.504 e. The fraction of sp³-hybridized carbons (Fsp3) is 0.111. The van der Waals surface area contributed by atoms with E-state index in [0.717, 1.165) is 5.56 Å². The number of phenolic OH excluding ortho intramolecular Hbond substituents is 1. The molecule has 2 N–H and O–H groups in total. The van der Waals surface area contributed by atoms with Gasteiger partial charge in [-0.15, -0.1) is 0 Å². The highest BCUT2D eigenvalue weighted by Gasteiger charge is 2.34. The van der Waals surface area contributed by atoms with Crippen molar-refractivity contribution in [3.8, 4) is 11.5 Å². The minimum atomic E-state index is -0.525. The number of para-hydroxylation sites is 1. The van der Waals surface area contributed by atoms with E-state index in [9.17, 15) is 14.7 Å². The number of anilines is 1. The molecule has 0 bridgehead atoms. The van der Waals surface area contributed by atoms with Gasteiger partial charge in [0.1, 0.15) is 5.57 Å². The van der Waals surface area contributed by atoms with E-state index >= 15 is 0 Å². The number of hydrogen-bond acceptors (Lipinski definition) is 4. The summed E-state index contributed by atoms with van der Waals surface area (Å²) in [4.78, 5) is 24.7. The highest BCUT2D eigenvalue weighted by Crippen LogP contribution is 2.32. The highest BCUT2D eigenvalue weighted by atomic mass is 16.5. The van der Waals surface area contributed by atoms with Crippen LogP contribution >= 0.6 is 0 Å². The molecular formula is C18H16N2O4. The van der Waals surface area contributed by atoms with Crippen LogP contribution in [0, 0.1) is 6.92 Å². The zero-order valence-electron chi connectivity index (χ0n) is 13.2. The maximum absolute atomic E-state index is 12.5. The lowest BCUT2D eigenvalue weighted by atomic mass is 10.1. The number of hydrogen-bond donors (Lipinski definition) is 2. The Kier molecular flexibility index (Phi) is 3.95. The Bertz CT molecular complexity index is 841. The molecule has 24 heavy (non-hydrogen) atoms. The molecule has 0 aliphatic carbocycles. The molecule has 0 radical (unpaired) electrons. The lowest BCUT2D eigenvalue weighted by Gasteiger charge is -2.14. The highest BCUT2D eigenvalue weighted by molar-refractivity contribution is 6.31. The van der Waals surface area contributed by atoms with Gasteiger partial charge in [-0.3, -0.25) is 15.0 Å². The molecule has 1 heterocycles. The first kappa shape index (κ1) is 15.6. The molecule has 122 valence electrons. The molecule has 1 aliphatic rings. The summed E-state index contributed by atoms with van der Waals surface area (Å²) in [5.74, 6) is -0.860. The van der Waals surface area contributed by atoms with Crippen molar-refractivity contribution in [1.82, 2.24) is 5.43 Å². The van der Waals surface area contributed by atoms with Gasteiger partial charge in [-0.05, 0) is 31.2 Å². The topological polar surface area (TPSA) is 78.9 Å². The Balaban J connectivity index is 1.96. The number of aromatic hydroxyl groups is 1. The van der Waals surface area contributed by atoms with Crippen LogP contribution < -0.4 is 15.2 Å². The van der Waals surface area contributed by atoms with Gasteiger partial charge in [0.2, 0.25) is 0 Å². The van der Waals surface area contributed by atoms with Gasteiger partial charge in [0.25, 0.3) is 11.8 Å². The number of benzene rings is 2. The Labute approximate surface area is 138 Å². The summed E-state index contributed by atoms with van der Waals surface area (Å²) < 4.78 is 5.03. The van der Waals surface area contributed by atoms with E-state index in [4.69, 9.17) is 4.74 Å². The van der Waals surface area contributed by atoms with Crippen LogP contribution in [-0.2, 0) is 9.59 Å². The molecule has 0 spiro atoms. The SMILES string of the molecule is COc1cccc(/C=C2\C(=O)NN(c3ccc(C)cc3)C2=O)c1O. The number of amides is 2. The Hall–Kier alpha value is -3.28. The Morgan fingerprint density at radius 1 is 1.12 bits per heavy atom. The van der Waals surface area contributed by atoms with Crippen LogP contribution in [0.25, 0.3) is 6.08 Å². The third kappa shape index (κ3) is 2.69. The van der Waals surface area contributed by atoms with Gasteiger partial charge in [-0.25, -0.2) is 5.01 Å². The van der Waals surface area contributed by atoms with Crippen molar-refractivity contribution in [2.75, 3.05) is 12.1 Å². The van der Waals surface area contributed by atoms with E-state index in [1.165, 1.54) is 18.2 Å². The van der Waals surface area contributed by atoms with Gasteiger partial charge < -0.3 is 9.84 Å². The Morgan fingerprint density at radius 2 is 1.83 bits per heavy atom. The summed E-state index contributed by atoms with van der Waals surface area (Å²) in [7, 11) is 1.43. The second-order valence-corrected chi connectivity index (χ2v) is 5.37. The van der Waals surface area contributed by atoms with Crippen LogP contribution in [0.2, 0.25) is 0 Å². The van der Waals surface area contributed by atoms with Gasteiger partial charge in [0, 0.05) is 5.56 Å². The fourth-order valence-corrected chi connectivity index (χ4v) is 2.41. The van der Waals surface area contributed by atoms with Crippen molar-refractivity contribution < 1.29 is 19.4 Å². The first-order valence-corrected chi connectivity index (χ1v) is 7.31. The molecule has 2 amide bonds. The van der Waals surface area contributed by atoms with Crippen molar-refractivity contribution in [3.05, 3.63) is 59.2 Å². The normalized spacial score (nSPS) is 15.8. The van der Waals surface area contributed by atoms with E-state index in [1.54, 1.807) is 30.3 Å². The average Bonchev–Trinajstić information content (AvgIpc) is 2.85. The van der Waals surface area contributed by atoms with Crippen molar-refractivity contribution in [1.29, 1.82) is 0 Å². The monoisotopic (exact) mass is 324 g/mol. The maximum atomic E-state index is 12.5. The number of nitrogens with one attached hydrogen (secondary N) is 1. The van der Waals surface area contributed by atoms with E-state index in [0.29, 0.717) is 11.3 Å². The number of nitrogens with zero attached hydrogens (tertiary/aromatic N) is 1. The second kappa shape index (κ2) is 6.08. The summed E-state index contributed by atoms with van der Waals surface area (Å²) >= 11 is 0. The summed E-state index contributed by atoms with van der Waals surface area (Å²) in [5.41, 5.74) is 4.41. The molecule has 3 rings (SSSR count). The zero-order chi connectivity index (χ0) is 17.3. The van der Waals surface area contributed by atoms with Crippen LogP contribution in [0.3, 0.4) is 0 Å². The fourth-order valence-electron chi connectivity index (χ4n) is 2.41. The largest absolute Gasteiger partial charge is 0.504 e. The smallest absolute Gasteiger partial charge is 0.282 e. The molecule has 0 unspecified atom stereocenters. The van der Waals surface area contributed by atoms with Crippen molar-refractivity contribution >= 4 is 23.6 Å². The van der Waals surface area contributed by atoms with E-state index in [-0.39, 0.29) is 17.1 Å². The number of hydrazine groups is 1. The third-order valence-electron chi connectivity index (χ3n) is 3.73. The number of carbonyl (C=O) groups is 2. The molecule has 1 fully saturated rings. The predicted molar refractivity (Wildman–Crippen MR) is 89.4 cm³/mol. The number of ether oxygens (including phenoxy) is 1. The molecule has 6 nitrogen and oxygen atoms in total. The number of methoxy groups -OCH3 is 1. The van der Waals surface area contributed by atoms with E-state index in [1.807, 2.05) is 19.1 Å². The summed E-state index contributed by atoms with van der Waals surface area (Å²) in [6.45, 7) is 1.94. The number of rotatable bonds is 3. The minimum absolute atomic E-state index is 0.0564. The predicted octanol–water partition coefficient (Wildman–Crippen LogP) is 2.17. The van der Waals surface area contributed by atoms with Crippen molar-refractivity contribution in [3.63, 3.8) is 0 Å². The maximum Gasteiger partial charge on any atom is 0.282 e. The van der Waals surface area contributed by atoms with Gasteiger partial charge in [0.15, 0.2) is 11.5 Å². The first-order valence-electron chi connectivity index (χ1n) is 7.31. The lowest BCUT2D eigenvalue weighted by Crippen LogP contribution is -2.35. The van der Waals surface area contributed by atoms with Gasteiger partial charge in [-0.1, -0.05) is 29.8 Å². The lowest BCUT2D eigenvalue weighted by molar-refractivity contribution is -0.117. The molecule has 0 saturated carbocycles. The standard InChI is InChI=1S/C18H16N2O4/c1-11-6-8-13(9-7-11)20-18(23)14(17(22)19-20)10-12-4-3-5-15(24-2)16(12)21/h3-10,21H,1-2H3,(H,19,22)/b14-10+.